The lowest BCUT2D eigenvalue weighted by molar-refractivity contribution is 0.0770. The lowest BCUT2D eigenvalue weighted by Gasteiger charge is -2.21. The van der Waals surface area contributed by atoms with Crippen LogP contribution in [0.5, 0.6) is 0 Å². The van der Waals surface area contributed by atoms with E-state index in [2.05, 4.69) is 5.92 Å². The second kappa shape index (κ2) is 5.46. The highest BCUT2D eigenvalue weighted by Crippen LogP contribution is 2.30. The molecule has 2 rings (SSSR count). The molecule has 1 saturated carbocycles. The number of benzene rings is 1. The third-order valence-electron chi connectivity index (χ3n) is 3.17. The zero-order valence-electron chi connectivity index (χ0n) is 10.4. The first-order valence-electron chi connectivity index (χ1n) is 6.11. The Balaban J connectivity index is 2.21. The molecule has 1 amide bonds. The third-order valence-corrected chi connectivity index (χ3v) is 3.67. The predicted octanol–water partition coefficient (Wildman–Crippen LogP) is 3.13. The van der Waals surface area contributed by atoms with Gasteiger partial charge in [-0.3, -0.25) is 4.79 Å². The number of aryl methyl sites for hydroxylation is 1. The van der Waals surface area contributed by atoms with Gasteiger partial charge in [0.15, 0.2) is 0 Å². The number of rotatable bonds is 4. The number of terminal acetylenes is 1. The molecular formula is C15H16ClNO. The Morgan fingerprint density at radius 3 is 2.89 bits per heavy atom. The second-order valence-corrected chi connectivity index (χ2v) is 5.15. The van der Waals surface area contributed by atoms with Crippen molar-refractivity contribution in [3.05, 3.63) is 34.3 Å². The normalized spacial score (nSPS) is 14.1. The number of amides is 1. The van der Waals surface area contributed by atoms with E-state index in [1.54, 1.807) is 11.0 Å². The standard InChI is InChI=1S/C15H16ClNO/c1-3-9-17(10-12-7-8-12)15(18)13-6-4-5-11(2)14(13)16/h1,4-6,12H,7-10H2,2H3. The summed E-state index contributed by atoms with van der Waals surface area (Å²) in [5, 5.41) is 0.528. The van der Waals surface area contributed by atoms with Crippen LogP contribution in [0.2, 0.25) is 5.02 Å². The Morgan fingerprint density at radius 2 is 2.28 bits per heavy atom. The van der Waals surface area contributed by atoms with Crippen molar-refractivity contribution in [2.45, 2.75) is 19.8 Å². The minimum atomic E-state index is -0.0615. The molecule has 0 N–H and O–H groups in total. The Labute approximate surface area is 113 Å². The molecule has 1 fully saturated rings. The molecule has 0 radical (unpaired) electrons. The van der Waals surface area contributed by atoms with Crippen molar-refractivity contribution in [1.29, 1.82) is 0 Å². The van der Waals surface area contributed by atoms with Gasteiger partial charge < -0.3 is 4.90 Å². The number of hydrogen-bond acceptors (Lipinski definition) is 1. The van der Waals surface area contributed by atoms with E-state index in [1.807, 2.05) is 19.1 Å². The van der Waals surface area contributed by atoms with Crippen molar-refractivity contribution >= 4 is 17.5 Å². The molecule has 0 heterocycles. The van der Waals surface area contributed by atoms with Crippen molar-refractivity contribution in [3.8, 4) is 12.3 Å². The molecule has 94 valence electrons. The SMILES string of the molecule is C#CCN(CC1CC1)C(=O)c1cccc(C)c1Cl. The van der Waals surface area contributed by atoms with E-state index in [9.17, 15) is 4.79 Å². The molecule has 3 heteroatoms. The molecule has 0 aliphatic heterocycles. The fraction of sp³-hybridized carbons (Fsp3) is 0.400. The van der Waals surface area contributed by atoms with E-state index in [4.69, 9.17) is 18.0 Å². The first-order chi connectivity index (χ1) is 8.63. The topological polar surface area (TPSA) is 20.3 Å². The lowest BCUT2D eigenvalue weighted by Crippen LogP contribution is -2.33. The van der Waals surface area contributed by atoms with E-state index in [1.165, 1.54) is 12.8 Å². The highest BCUT2D eigenvalue weighted by molar-refractivity contribution is 6.34. The third kappa shape index (κ3) is 2.86. The number of carbonyl (C=O) groups excluding carboxylic acids is 1. The van der Waals surface area contributed by atoms with Gasteiger partial charge in [-0.2, -0.15) is 0 Å². The minimum absolute atomic E-state index is 0.0615. The summed E-state index contributed by atoms with van der Waals surface area (Å²) in [5.74, 6) is 3.10. The lowest BCUT2D eigenvalue weighted by atomic mass is 10.1. The van der Waals surface area contributed by atoms with Crippen LogP contribution in [0, 0.1) is 25.2 Å². The molecule has 0 bridgehead atoms. The van der Waals surface area contributed by atoms with Crippen LogP contribution in [0.1, 0.15) is 28.8 Å². The number of halogens is 1. The Bertz CT molecular complexity index is 500. The van der Waals surface area contributed by atoms with Crippen molar-refractivity contribution < 1.29 is 4.79 Å². The Morgan fingerprint density at radius 1 is 1.56 bits per heavy atom. The molecule has 1 aromatic rings. The minimum Gasteiger partial charge on any atom is -0.327 e. The highest BCUT2D eigenvalue weighted by atomic mass is 35.5. The summed E-state index contributed by atoms with van der Waals surface area (Å²) in [4.78, 5) is 14.1. The van der Waals surface area contributed by atoms with Crippen LogP contribution in [0.15, 0.2) is 18.2 Å². The first kappa shape index (κ1) is 13.0. The molecule has 0 atom stereocenters. The maximum atomic E-state index is 12.4. The van der Waals surface area contributed by atoms with Crippen molar-refractivity contribution in [2.24, 2.45) is 5.92 Å². The fourth-order valence-electron chi connectivity index (χ4n) is 1.92. The summed E-state index contributed by atoms with van der Waals surface area (Å²) >= 11 is 6.19. The molecule has 0 unspecified atom stereocenters. The molecular weight excluding hydrogens is 246 g/mol. The quantitative estimate of drug-likeness (QED) is 0.763. The Kier molecular flexibility index (Phi) is 3.93. The van der Waals surface area contributed by atoms with E-state index in [0.29, 0.717) is 23.0 Å². The Hall–Kier alpha value is -1.46. The predicted molar refractivity (Wildman–Crippen MR) is 73.6 cm³/mol. The van der Waals surface area contributed by atoms with E-state index in [-0.39, 0.29) is 5.91 Å². The molecule has 0 aromatic heterocycles. The van der Waals surface area contributed by atoms with Gasteiger partial charge in [0, 0.05) is 6.54 Å². The first-order valence-corrected chi connectivity index (χ1v) is 6.49. The summed E-state index contributed by atoms with van der Waals surface area (Å²) in [5.41, 5.74) is 1.46. The highest BCUT2D eigenvalue weighted by Gasteiger charge is 2.27. The monoisotopic (exact) mass is 261 g/mol. The second-order valence-electron chi connectivity index (χ2n) is 4.77. The van der Waals surface area contributed by atoms with Gasteiger partial charge in [-0.15, -0.1) is 6.42 Å². The molecule has 18 heavy (non-hydrogen) atoms. The zero-order valence-corrected chi connectivity index (χ0v) is 11.2. The van der Waals surface area contributed by atoms with E-state index >= 15 is 0 Å². The maximum Gasteiger partial charge on any atom is 0.256 e. The van der Waals surface area contributed by atoms with Gasteiger partial charge in [0.2, 0.25) is 0 Å². The van der Waals surface area contributed by atoms with Crippen LogP contribution < -0.4 is 0 Å². The van der Waals surface area contributed by atoms with Crippen LogP contribution >= 0.6 is 11.6 Å². The zero-order chi connectivity index (χ0) is 13.1. The summed E-state index contributed by atoms with van der Waals surface area (Å²) in [6.45, 7) is 2.98. The van der Waals surface area contributed by atoms with Crippen molar-refractivity contribution in [2.75, 3.05) is 13.1 Å². The largest absolute Gasteiger partial charge is 0.327 e. The summed E-state index contributed by atoms with van der Waals surface area (Å²) in [6, 6.07) is 5.50. The fourth-order valence-corrected chi connectivity index (χ4v) is 2.13. The van der Waals surface area contributed by atoms with Gasteiger partial charge in [-0.1, -0.05) is 29.7 Å². The van der Waals surface area contributed by atoms with Crippen LogP contribution in [0.25, 0.3) is 0 Å². The van der Waals surface area contributed by atoms with Crippen molar-refractivity contribution in [3.63, 3.8) is 0 Å². The number of carbonyl (C=O) groups is 1. The summed E-state index contributed by atoms with van der Waals surface area (Å²) < 4.78 is 0. The number of nitrogens with zero attached hydrogens (tertiary/aromatic N) is 1. The molecule has 1 aliphatic carbocycles. The maximum absolute atomic E-state index is 12.4. The van der Waals surface area contributed by atoms with Gasteiger partial charge in [0.05, 0.1) is 17.1 Å². The van der Waals surface area contributed by atoms with Gasteiger partial charge in [-0.05, 0) is 37.3 Å². The van der Waals surface area contributed by atoms with E-state index < -0.39 is 0 Å². The van der Waals surface area contributed by atoms with Crippen LogP contribution in [0.3, 0.4) is 0 Å². The van der Waals surface area contributed by atoms with Gasteiger partial charge in [0.25, 0.3) is 5.91 Å². The molecule has 1 aromatic carbocycles. The molecule has 2 nitrogen and oxygen atoms in total. The van der Waals surface area contributed by atoms with Crippen LogP contribution in [-0.4, -0.2) is 23.9 Å². The smallest absolute Gasteiger partial charge is 0.256 e. The average Bonchev–Trinajstić information content (AvgIpc) is 3.15. The summed E-state index contributed by atoms with van der Waals surface area (Å²) in [6.07, 6.45) is 7.71. The molecule has 0 spiro atoms. The molecule has 1 aliphatic rings. The van der Waals surface area contributed by atoms with Gasteiger partial charge in [-0.25, -0.2) is 0 Å². The van der Waals surface area contributed by atoms with E-state index in [0.717, 1.165) is 12.1 Å². The van der Waals surface area contributed by atoms with Crippen LogP contribution in [0.4, 0.5) is 0 Å². The number of hydrogen-bond donors (Lipinski definition) is 0. The van der Waals surface area contributed by atoms with Gasteiger partial charge in [0.1, 0.15) is 0 Å². The average molecular weight is 262 g/mol. The summed E-state index contributed by atoms with van der Waals surface area (Å²) in [7, 11) is 0. The van der Waals surface area contributed by atoms with Crippen molar-refractivity contribution in [1.82, 2.24) is 4.90 Å². The molecule has 0 saturated heterocycles. The van der Waals surface area contributed by atoms with Gasteiger partial charge >= 0.3 is 0 Å². The van der Waals surface area contributed by atoms with Crippen LogP contribution in [-0.2, 0) is 0 Å².